The Labute approximate surface area is 493 Å². The number of hydrogen-bond donors (Lipinski definition) is 4. The Kier molecular flexibility index (Phi) is 26.9. The summed E-state index contributed by atoms with van der Waals surface area (Å²) >= 11 is 6.39. The normalized spacial score (nSPS) is 21.1. The highest BCUT2D eigenvalue weighted by Crippen LogP contribution is 2.45. The lowest BCUT2D eigenvalue weighted by Gasteiger charge is -2.29. The van der Waals surface area contributed by atoms with Crippen LogP contribution in [0.15, 0.2) is 54.6 Å². The maximum absolute atomic E-state index is 14.0. The van der Waals surface area contributed by atoms with E-state index in [4.69, 9.17) is 30.4 Å². The van der Waals surface area contributed by atoms with Gasteiger partial charge in [0.1, 0.15) is 35.6 Å². The minimum Gasteiger partial charge on any atom is -0.459 e. The molecule has 0 spiro atoms. The summed E-state index contributed by atoms with van der Waals surface area (Å²) in [6, 6.07) is 11.0. The second kappa shape index (κ2) is 32.2. The molecule has 0 aromatic heterocycles. The number of ether oxygens (including phenoxy) is 3. The van der Waals surface area contributed by atoms with Crippen LogP contribution < -0.4 is 16.0 Å². The monoisotopic (exact) mass is 1200 g/mol. The lowest BCUT2D eigenvalue weighted by molar-refractivity contribution is -0.179. The quantitative estimate of drug-likeness (QED) is 0.0367. The van der Waals surface area contributed by atoms with Gasteiger partial charge < -0.3 is 35.1 Å². The van der Waals surface area contributed by atoms with Gasteiger partial charge in [-0.2, -0.15) is 8.42 Å². The zero-order chi connectivity index (χ0) is 61.9. The van der Waals surface area contributed by atoms with Crippen molar-refractivity contribution in [3.8, 4) is 0 Å². The number of nitrogens with one attached hydrogen (secondary N) is 3. The molecule has 0 saturated carbocycles. The molecule has 2 aromatic carbocycles. The van der Waals surface area contributed by atoms with E-state index in [1.807, 2.05) is 64.1 Å². The minimum atomic E-state index is -4.23. The van der Waals surface area contributed by atoms with Gasteiger partial charge in [-0.3, -0.25) is 47.7 Å². The third-order valence-corrected chi connectivity index (χ3v) is 16.0. The van der Waals surface area contributed by atoms with Gasteiger partial charge in [-0.25, -0.2) is 4.79 Å². The smallest absolute Gasteiger partial charge is 0.347 e. The summed E-state index contributed by atoms with van der Waals surface area (Å²) in [6.07, 6.45) is -0.0475. The van der Waals surface area contributed by atoms with E-state index in [1.165, 1.54) is 17.9 Å². The highest BCUT2D eigenvalue weighted by Gasteiger charge is 2.48. The van der Waals surface area contributed by atoms with Crippen LogP contribution in [0.3, 0.4) is 0 Å². The molecule has 2 aliphatic heterocycles. The fourth-order valence-electron chi connectivity index (χ4n) is 9.42. The van der Waals surface area contributed by atoms with E-state index in [0.717, 1.165) is 16.7 Å². The molecule has 4 amide bonds. The molecule has 2 heterocycles. The van der Waals surface area contributed by atoms with Crippen LogP contribution in [-0.4, -0.2) is 132 Å². The third kappa shape index (κ3) is 23.8. The van der Waals surface area contributed by atoms with Crippen molar-refractivity contribution in [3.63, 3.8) is 0 Å². The predicted octanol–water partition coefficient (Wildman–Crippen LogP) is 6.88. The summed E-state index contributed by atoms with van der Waals surface area (Å²) in [5.41, 5.74) is 2.00. The zero-order valence-corrected chi connectivity index (χ0v) is 51.2. The van der Waals surface area contributed by atoms with Crippen molar-refractivity contribution in [1.82, 2.24) is 20.9 Å². The number of nitrogens with zero attached hydrogens (tertiary/aromatic N) is 1. The topological polar surface area (TPSA) is 295 Å². The second-order valence-corrected chi connectivity index (χ2v) is 25.5. The number of esters is 2. The minimum absolute atomic E-state index is 0.00795. The Morgan fingerprint density at radius 2 is 1.52 bits per heavy atom. The van der Waals surface area contributed by atoms with Gasteiger partial charge in [-0.1, -0.05) is 95.6 Å². The van der Waals surface area contributed by atoms with Crippen LogP contribution in [0.5, 0.6) is 0 Å². The summed E-state index contributed by atoms with van der Waals surface area (Å²) in [6.45, 7) is 17.0. The molecule has 1 fully saturated rings. The Bertz CT molecular complexity index is 2800. The standard InChI is InChI=1S/C61H85ClN4O16S/c1-36(2)31-51-59(75)80-50(14-11-15-52(71)64-47(34-43-17-16-38(5)46(62)33-43)58(74)63-35-61(9,10)60(76)81-51)41(8)56-57(82-56)44-21-18-42(19-22-44)20-24-48(69)39(6)32-49(70)55(37(3)4)65-53(72)27-29-66(28-26-40(7)67)54(73)25-23-45(68)13-12-30-83(77,78)79/h11,15-19,21-22,33,36-37,39,41,47,50-51,55-57H,12-14,20,23-32,34-35H2,1-10H3,(H,63,74)(H,64,71)(H,65,72)(H,77,78,79)/b15-11+/t39-,41+,47-,50+,51+,55+,56-,57-/m1/s1. The molecule has 20 nitrogen and oxygen atoms in total. The molecule has 1 saturated heterocycles. The molecule has 4 rings (SSSR count). The maximum Gasteiger partial charge on any atom is 0.347 e. The van der Waals surface area contributed by atoms with Crippen molar-refractivity contribution in [2.24, 2.45) is 29.1 Å². The van der Waals surface area contributed by atoms with E-state index < -0.39 is 99.1 Å². The number of aryl methyl sites for hydroxylation is 2. The number of hydrogen-bond acceptors (Lipinski definition) is 15. The van der Waals surface area contributed by atoms with Gasteiger partial charge in [-0.05, 0) is 93.2 Å². The lowest BCUT2D eigenvalue weighted by atomic mass is 9.89. The number of carbonyl (C=O) groups is 10. The van der Waals surface area contributed by atoms with E-state index in [1.54, 1.807) is 46.8 Å². The number of cyclic esters (lactones) is 2. The van der Waals surface area contributed by atoms with Crippen molar-refractivity contribution in [2.75, 3.05) is 25.4 Å². The fraction of sp³-hybridized carbons (Fsp3) is 0.607. The number of epoxide rings is 1. The van der Waals surface area contributed by atoms with Crippen molar-refractivity contribution >= 4 is 80.4 Å². The van der Waals surface area contributed by atoms with Gasteiger partial charge in [0, 0.05) is 94.3 Å². The molecule has 0 bridgehead atoms. The van der Waals surface area contributed by atoms with Crippen molar-refractivity contribution in [1.29, 1.82) is 0 Å². The van der Waals surface area contributed by atoms with Crippen LogP contribution in [0.25, 0.3) is 0 Å². The molecule has 22 heteroatoms. The largest absolute Gasteiger partial charge is 0.459 e. The molecule has 0 radical (unpaired) electrons. The number of ketones is 4. The van der Waals surface area contributed by atoms with E-state index in [9.17, 15) is 56.4 Å². The van der Waals surface area contributed by atoms with Gasteiger partial charge >= 0.3 is 11.9 Å². The third-order valence-electron chi connectivity index (χ3n) is 14.8. The first-order chi connectivity index (χ1) is 38.8. The number of rotatable bonds is 29. The number of halogens is 1. The van der Waals surface area contributed by atoms with E-state index >= 15 is 0 Å². The summed E-state index contributed by atoms with van der Waals surface area (Å²) in [7, 11) is -4.23. The van der Waals surface area contributed by atoms with Gasteiger partial charge in [0.05, 0.1) is 23.3 Å². The van der Waals surface area contributed by atoms with Crippen LogP contribution >= 0.6 is 11.6 Å². The molecule has 458 valence electrons. The van der Waals surface area contributed by atoms with Crippen LogP contribution in [0.2, 0.25) is 5.02 Å². The highest BCUT2D eigenvalue weighted by molar-refractivity contribution is 7.85. The van der Waals surface area contributed by atoms with E-state index in [-0.39, 0.29) is 131 Å². The van der Waals surface area contributed by atoms with Crippen molar-refractivity contribution < 1.29 is 75.1 Å². The lowest BCUT2D eigenvalue weighted by Crippen LogP contribution is -2.51. The molecular formula is C61H85ClN4O16S. The second-order valence-electron chi connectivity index (χ2n) is 23.5. The Morgan fingerprint density at radius 3 is 2.14 bits per heavy atom. The summed E-state index contributed by atoms with van der Waals surface area (Å²) in [5.74, 6) is -6.64. The number of benzene rings is 2. The van der Waals surface area contributed by atoms with Crippen molar-refractivity contribution in [2.45, 2.75) is 183 Å². The van der Waals surface area contributed by atoms with Gasteiger partial charge in [-0.15, -0.1) is 0 Å². The van der Waals surface area contributed by atoms with Crippen LogP contribution in [0, 0.1) is 36.0 Å². The maximum atomic E-state index is 14.0. The highest BCUT2D eigenvalue weighted by atomic mass is 35.5. The molecular weight excluding hydrogens is 1110 g/mol. The molecule has 0 aliphatic carbocycles. The summed E-state index contributed by atoms with van der Waals surface area (Å²) in [4.78, 5) is 133. The molecule has 0 unspecified atom stereocenters. The first kappa shape index (κ1) is 69.3. The molecule has 2 aromatic rings. The SMILES string of the molecule is CC(=O)CCN(CCC(=O)N[C@H](C(=O)C[C@@H](C)C(=O)CCc1ccc([C@H]2O[C@@H]2[C@@H](C)[C@@H]2C/C=C/C(=O)N[C@H](Cc3ccc(C)c(Cl)c3)C(=O)NCC(C)(C)C(=O)O[C@@H](CC(C)C)C(=O)O2)cc1)C(C)C)C(=O)CCC(=O)CCCS(=O)(=O)O. The number of Topliss-reactive ketones (excluding diaryl/α,β-unsaturated/α-hetero) is 4. The van der Waals surface area contributed by atoms with E-state index in [0.29, 0.717) is 17.0 Å². The Hall–Kier alpha value is -6.16. The van der Waals surface area contributed by atoms with Gasteiger partial charge in [0.2, 0.25) is 23.6 Å². The van der Waals surface area contributed by atoms with Crippen LogP contribution in [0.1, 0.15) is 155 Å². The molecule has 8 atom stereocenters. The van der Waals surface area contributed by atoms with Crippen molar-refractivity contribution in [3.05, 3.63) is 81.9 Å². The summed E-state index contributed by atoms with van der Waals surface area (Å²) in [5, 5.41) is 8.81. The van der Waals surface area contributed by atoms with Crippen LogP contribution in [-0.2, 0) is 85.1 Å². The number of amides is 4. The van der Waals surface area contributed by atoms with Crippen LogP contribution in [0.4, 0.5) is 0 Å². The van der Waals surface area contributed by atoms with Gasteiger partial charge in [0.25, 0.3) is 10.1 Å². The molecule has 83 heavy (non-hydrogen) atoms. The zero-order valence-electron chi connectivity index (χ0n) is 49.6. The first-order valence-corrected chi connectivity index (χ1v) is 30.6. The Balaban J connectivity index is 1.36. The fourth-order valence-corrected chi connectivity index (χ4v) is 10.1. The molecule has 4 N–H and O–H groups in total. The van der Waals surface area contributed by atoms with E-state index in [2.05, 4.69) is 16.0 Å². The number of carbonyl (C=O) groups excluding carboxylic acids is 10. The predicted molar refractivity (Wildman–Crippen MR) is 310 cm³/mol. The summed E-state index contributed by atoms with van der Waals surface area (Å²) < 4.78 is 49.0. The van der Waals surface area contributed by atoms with Gasteiger partial charge in [0.15, 0.2) is 11.9 Å². The average Bonchev–Trinajstić information content (AvgIpc) is 2.95. The molecule has 2 aliphatic rings. The average molecular weight is 1200 g/mol. The Morgan fingerprint density at radius 1 is 0.855 bits per heavy atom. The first-order valence-electron chi connectivity index (χ1n) is 28.6.